The molecule has 1 aromatic heterocycles. The van der Waals surface area contributed by atoms with Gasteiger partial charge in [0.2, 0.25) is 0 Å². The summed E-state index contributed by atoms with van der Waals surface area (Å²) in [5, 5.41) is 3.15. The van der Waals surface area contributed by atoms with Crippen LogP contribution in [-0.4, -0.2) is 35.0 Å². The molecule has 4 rings (SSSR count). The largest absolute Gasteiger partial charge is 0.356 e. The molecular formula is C19H20N4O. The number of piperidine rings is 1. The number of carbonyl (C=O) groups is 1. The van der Waals surface area contributed by atoms with Gasteiger partial charge in [-0.15, -0.1) is 0 Å². The van der Waals surface area contributed by atoms with Gasteiger partial charge in [-0.05, 0) is 25.0 Å². The Labute approximate surface area is 141 Å². The van der Waals surface area contributed by atoms with Crippen molar-refractivity contribution in [1.29, 1.82) is 0 Å². The van der Waals surface area contributed by atoms with Crippen LogP contribution in [0.1, 0.15) is 34.5 Å². The summed E-state index contributed by atoms with van der Waals surface area (Å²) >= 11 is 0. The molecule has 1 aliphatic carbocycles. The highest BCUT2D eigenvalue weighted by Gasteiger charge is 2.24. The van der Waals surface area contributed by atoms with Gasteiger partial charge in [-0.3, -0.25) is 4.79 Å². The number of amides is 1. The molecule has 24 heavy (non-hydrogen) atoms. The molecule has 1 saturated heterocycles. The third-order valence-corrected chi connectivity index (χ3v) is 4.71. The van der Waals surface area contributed by atoms with E-state index in [0.29, 0.717) is 0 Å². The molecule has 5 heteroatoms. The zero-order valence-corrected chi connectivity index (χ0v) is 13.5. The van der Waals surface area contributed by atoms with Gasteiger partial charge in [0, 0.05) is 36.7 Å². The monoisotopic (exact) mass is 320 g/mol. The summed E-state index contributed by atoms with van der Waals surface area (Å²) < 4.78 is 0. The van der Waals surface area contributed by atoms with E-state index in [1.807, 2.05) is 30.3 Å². The lowest BCUT2D eigenvalue weighted by molar-refractivity contribution is 0.0931. The van der Waals surface area contributed by atoms with Crippen LogP contribution in [0.15, 0.2) is 42.7 Å². The van der Waals surface area contributed by atoms with Gasteiger partial charge in [-0.2, -0.15) is 0 Å². The maximum atomic E-state index is 12.3. The van der Waals surface area contributed by atoms with E-state index in [4.69, 9.17) is 0 Å². The van der Waals surface area contributed by atoms with Crippen LogP contribution in [0.2, 0.25) is 0 Å². The zero-order chi connectivity index (χ0) is 16.4. The van der Waals surface area contributed by atoms with Gasteiger partial charge in [-0.25, -0.2) is 9.97 Å². The minimum absolute atomic E-state index is 0.0138. The highest BCUT2D eigenvalue weighted by Crippen LogP contribution is 2.28. The fraction of sp³-hybridized carbons (Fsp3) is 0.316. The second-order valence-corrected chi connectivity index (χ2v) is 6.26. The van der Waals surface area contributed by atoms with Gasteiger partial charge < -0.3 is 10.2 Å². The molecule has 1 aliphatic heterocycles. The average molecular weight is 320 g/mol. The first-order valence-electron chi connectivity index (χ1n) is 8.42. The molecule has 2 aliphatic rings. The van der Waals surface area contributed by atoms with E-state index in [9.17, 15) is 4.79 Å². The molecule has 2 aromatic rings. The number of nitrogens with one attached hydrogen (secondary N) is 1. The number of anilines is 1. The Balaban J connectivity index is 1.38. The Hall–Kier alpha value is -2.69. The average Bonchev–Trinajstić information content (AvgIpc) is 3.12. The number of hydrogen-bond acceptors (Lipinski definition) is 4. The first-order chi connectivity index (χ1) is 11.8. The third kappa shape index (κ3) is 2.89. The number of hydrogen-bond donors (Lipinski definition) is 1. The van der Waals surface area contributed by atoms with E-state index in [0.717, 1.165) is 55.0 Å². The Kier molecular flexibility index (Phi) is 3.99. The molecule has 1 aromatic carbocycles. The topological polar surface area (TPSA) is 58.1 Å². The van der Waals surface area contributed by atoms with E-state index in [1.165, 1.54) is 0 Å². The van der Waals surface area contributed by atoms with Crippen molar-refractivity contribution in [3.63, 3.8) is 0 Å². The van der Waals surface area contributed by atoms with Gasteiger partial charge in [0.15, 0.2) is 0 Å². The number of rotatable bonds is 3. The van der Waals surface area contributed by atoms with Crippen LogP contribution < -0.4 is 10.2 Å². The Morgan fingerprint density at radius 2 is 1.92 bits per heavy atom. The Morgan fingerprint density at radius 1 is 1.12 bits per heavy atom. The smallest absolute Gasteiger partial charge is 0.251 e. The molecule has 1 N–H and O–H groups in total. The minimum Gasteiger partial charge on any atom is -0.356 e. The van der Waals surface area contributed by atoms with E-state index < -0.39 is 0 Å². The van der Waals surface area contributed by atoms with Crippen molar-refractivity contribution >= 4 is 17.8 Å². The minimum atomic E-state index is 0.0138. The van der Waals surface area contributed by atoms with Crippen LogP contribution in [0.5, 0.6) is 0 Å². The van der Waals surface area contributed by atoms with Gasteiger partial charge >= 0.3 is 0 Å². The summed E-state index contributed by atoms with van der Waals surface area (Å²) in [6.07, 6.45) is 8.67. The summed E-state index contributed by atoms with van der Waals surface area (Å²) in [5.41, 5.74) is 2.99. The second-order valence-electron chi connectivity index (χ2n) is 6.26. The third-order valence-electron chi connectivity index (χ3n) is 4.71. The molecule has 1 fully saturated rings. The molecule has 0 bridgehead atoms. The summed E-state index contributed by atoms with van der Waals surface area (Å²) in [6, 6.07) is 9.62. The standard InChI is InChI=1S/C19H20N4O/c24-19(14-5-2-1-3-6-14)22-15-9-11-23(12-10-15)18-16-7-4-8-17(16)20-13-21-18/h1-7,13,15H,8-12H2,(H,22,24). The summed E-state index contributed by atoms with van der Waals surface area (Å²) in [5.74, 6) is 1.04. The van der Waals surface area contributed by atoms with Crippen LogP contribution in [0.4, 0.5) is 5.82 Å². The van der Waals surface area contributed by atoms with Crippen molar-refractivity contribution in [2.24, 2.45) is 0 Å². The van der Waals surface area contributed by atoms with Crippen molar-refractivity contribution < 1.29 is 4.79 Å². The van der Waals surface area contributed by atoms with Gasteiger partial charge in [0.25, 0.3) is 5.91 Å². The summed E-state index contributed by atoms with van der Waals surface area (Å²) in [4.78, 5) is 23.4. The lowest BCUT2D eigenvalue weighted by Gasteiger charge is -2.33. The van der Waals surface area contributed by atoms with Crippen molar-refractivity contribution in [3.05, 3.63) is 59.6 Å². The van der Waals surface area contributed by atoms with Gasteiger partial charge in [0.05, 0.1) is 5.69 Å². The van der Waals surface area contributed by atoms with Crippen LogP contribution in [0, 0.1) is 0 Å². The SMILES string of the molecule is O=C(NC1CCN(c2ncnc3c2C=CC3)CC1)c1ccccc1. The Morgan fingerprint density at radius 3 is 2.71 bits per heavy atom. The number of allylic oxidation sites excluding steroid dienone is 1. The fourth-order valence-electron chi connectivity index (χ4n) is 3.39. The number of benzene rings is 1. The fourth-order valence-corrected chi connectivity index (χ4v) is 3.39. The second kappa shape index (κ2) is 6.43. The highest BCUT2D eigenvalue weighted by atomic mass is 16.1. The highest BCUT2D eigenvalue weighted by molar-refractivity contribution is 5.94. The van der Waals surface area contributed by atoms with Crippen LogP contribution >= 0.6 is 0 Å². The maximum absolute atomic E-state index is 12.3. The molecule has 122 valence electrons. The molecule has 5 nitrogen and oxygen atoms in total. The van der Waals surface area contributed by atoms with Crippen molar-refractivity contribution in [2.75, 3.05) is 18.0 Å². The van der Waals surface area contributed by atoms with Crippen LogP contribution in [0.25, 0.3) is 6.08 Å². The molecule has 2 heterocycles. The van der Waals surface area contributed by atoms with Gasteiger partial charge in [-0.1, -0.05) is 30.4 Å². The van der Waals surface area contributed by atoms with Crippen molar-refractivity contribution in [1.82, 2.24) is 15.3 Å². The van der Waals surface area contributed by atoms with E-state index in [1.54, 1.807) is 6.33 Å². The first-order valence-corrected chi connectivity index (χ1v) is 8.42. The number of carbonyl (C=O) groups excluding carboxylic acids is 1. The maximum Gasteiger partial charge on any atom is 0.251 e. The molecule has 0 unspecified atom stereocenters. The molecule has 1 amide bonds. The summed E-state index contributed by atoms with van der Waals surface area (Å²) in [6.45, 7) is 1.80. The normalized spacial score (nSPS) is 16.9. The van der Waals surface area contributed by atoms with Crippen LogP contribution in [0.3, 0.4) is 0 Å². The number of fused-ring (bicyclic) bond motifs is 1. The van der Waals surface area contributed by atoms with Crippen molar-refractivity contribution in [2.45, 2.75) is 25.3 Å². The summed E-state index contributed by atoms with van der Waals surface area (Å²) in [7, 11) is 0. The van der Waals surface area contributed by atoms with E-state index in [2.05, 4.69) is 32.3 Å². The zero-order valence-electron chi connectivity index (χ0n) is 13.5. The molecule has 0 atom stereocenters. The van der Waals surface area contributed by atoms with Crippen LogP contribution in [-0.2, 0) is 6.42 Å². The number of nitrogens with zero attached hydrogens (tertiary/aromatic N) is 3. The van der Waals surface area contributed by atoms with Crippen molar-refractivity contribution in [3.8, 4) is 0 Å². The predicted molar refractivity (Wildman–Crippen MR) is 93.9 cm³/mol. The lowest BCUT2D eigenvalue weighted by atomic mass is 10.0. The molecule has 0 radical (unpaired) electrons. The lowest BCUT2D eigenvalue weighted by Crippen LogP contribution is -2.45. The van der Waals surface area contributed by atoms with Gasteiger partial charge in [0.1, 0.15) is 12.1 Å². The van der Waals surface area contributed by atoms with E-state index >= 15 is 0 Å². The Bertz CT molecular complexity index is 764. The first kappa shape index (κ1) is 14.9. The quantitative estimate of drug-likeness (QED) is 0.944. The predicted octanol–water partition coefficient (Wildman–Crippen LogP) is 2.44. The van der Waals surface area contributed by atoms with E-state index in [-0.39, 0.29) is 11.9 Å². The molecule has 0 saturated carbocycles. The molecular weight excluding hydrogens is 300 g/mol. The number of aromatic nitrogens is 2. The molecule has 0 spiro atoms.